The van der Waals surface area contributed by atoms with Gasteiger partial charge in [-0.25, -0.2) is 0 Å². The van der Waals surface area contributed by atoms with Gasteiger partial charge in [0.1, 0.15) is 4.88 Å². The molecule has 122 valence electrons. The highest BCUT2D eigenvalue weighted by atomic mass is 32.1. The molecule has 2 aromatic heterocycles. The van der Waals surface area contributed by atoms with Gasteiger partial charge >= 0.3 is 0 Å². The summed E-state index contributed by atoms with van der Waals surface area (Å²) in [4.78, 5) is 23.8. The van der Waals surface area contributed by atoms with Crippen LogP contribution in [-0.2, 0) is 6.42 Å². The van der Waals surface area contributed by atoms with Crippen LogP contribution in [0.15, 0.2) is 48.2 Å². The molecule has 3 heterocycles. The van der Waals surface area contributed by atoms with Crippen LogP contribution in [0.3, 0.4) is 0 Å². The molecule has 4 rings (SSSR count). The van der Waals surface area contributed by atoms with Crippen molar-refractivity contribution in [2.45, 2.75) is 19.3 Å². The number of carbonyl (C=O) groups is 1. The fraction of sp³-hybridized carbons (Fsp3) is 0.316. The van der Waals surface area contributed by atoms with E-state index in [4.69, 9.17) is 0 Å². The van der Waals surface area contributed by atoms with Crippen LogP contribution in [0.1, 0.15) is 28.1 Å². The van der Waals surface area contributed by atoms with Crippen LogP contribution in [0, 0.1) is 5.92 Å². The molecule has 0 aliphatic carbocycles. The lowest BCUT2D eigenvalue weighted by Gasteiger charge is -2.32. The van der Waals surface area contributed by atoms with Gasteiger partial charge in [-0.15, -0.1) is 11.3 Å². The number of likely N-dealkylation sites (tertiary alicyclic amines) is 1. The third-order valence-electron chi connectivity index (χ3n) is 4.69. The molecule has 1 atom stereocenters. The third kappa shape index (κ3) is 3.04. The molecular weight excluding hydrogens is 318 g/mol. The molecule has 0 saturated carbocycles. The van der Waals surface area contributed by atoms with Gasteiger partial charge in [-0.2, -0.15) is 0 Å². The highest BCUT2D eigenvalue weighted by Crippen LogP contribution is 2.26. The summed E-state index contributed by atoms with van der Waals surface area (Å²) in [6.45, 7) is 1.68. The number of thiazole rings is 1. The molecule has 3 aromatic rings. The van der Waals surface area contributed by atoms with Gasteiger partial charge in [-0.1, -0.05) is 18.2 Å². The van der Waals surface area contributed by atoms with Gasteiger partial charge in [0.25, 0.3) is 5.91 Å². The topological polar surface area (TPSA) is 46.1 Å². The summed E-state index contributed by atoms with van der Waals surface area (Å²) in [6, 6.07) is 10.5. The summed E-state index contributed by atoms with van der Waals surface area (Å²) in [7, 11) is 0. The minimum Gasteiger partial charge on any atom is -0.338 e. The SMILES string of the molecule is O=C(c1cncs1)N1CCCC(Cc2cccc3ncccc23)C1. The number of nitrogens with zero attached hydrogens (tertiary/aromatic N) is 3. The molecule has 0 spiro atoms. The third-order valence-corrected chi connectivity index (χ3v) is 5.45. The number of fused-ring (bicyclic) bond motifs is 1. The molecule has 1 unspecified atom stereocenters. The lowest BCUT2D eigenvalue weighted by atomic mass is 9.89. The maximum absolute atomic E-state index is 12.6. The standard InChI is InChI=1S/C19H19N3OS/c23-19(18-11-20-13-24-18)22-9-3-4-14(12-22)10-15-5-1-7-17-16(15)6-2-8-21-17/h1-2,5-8,11,13-14H,3-4,9-10,12H2. The molecule has 1 saturated heterocycles. The maximum Gasteiger partial charge on any atom is 0.265 e. The Morgan fingerprint density at radius 2 is 2.25 bits per heavy atom. The predicted molar refractivity (Wildman–Crippen MR) is 96.2 cm³/mol. The van der Waals surface area contributed by atoms with Gasteiger partial charge in [-0.3, -0.25) is 14.8 Å². The van der Waals surface area contributed by atoms with Crippen molar-refractivity contribution in [3.05, 3.63) is 58.7 Å². The zero-order valence-electron chi connectivity index (χ0n) is 13.4. The number of carbonyl (C=O) groups excluding carboxylic acids is 1. The molecule has 4 nitrogen and oxygen atoms in total. The largest absolute Gasteiger partial charge is 0.338 e. The van der Waals surface area contributed by atoms with Crippen LogP contribution in [0.2, 0.25) is 0 Å². The van der Waals surface area contributed by atoms with Gasteiger partial charge in [0, 0.05) is 24.7 Å². The Labute approximate surface area is 145 Å². The number of rotatable bonds is 3. The number of hydrogen-bond donors (Lipinski definition) is 0. The normalized spacial score (nSPS) is 18.0. The van der Waals surface area contributed by atoms with E-state index in [0.29, 0.717) is 5.92 Å². The summed E-state index contributed by atoms with van der Waals surface area (Å²) in [6.07, 6.45) is 6.74. The van der Waals surface area contributed by atoms with Gasteiger partial charge in [0.2, 0.25) is 0 Å². The van der Waals surface area contributed by atoms with Crippen LogP contribution in [0.25, 0.3) is 10.9 Å². The van der Waals surface area contributed by atoms with Crippen LogP contribution in [-0.4, -0.2) is 33.9 Å². The minimum absolute atomic E-state index is 0.127. The number of benzene rings is 1. The first kappa shape index (κ1) is 15.3. The van der Waals surface area contributed by atoms with Crippen LogP contribution < -0.4 is 0 Å². The highest BCUT2D eigenvalue weighted by molar-refractivity contribution is 7.11. The fourth-order valence-corrected chi connectivity index (χ4v) is 4.14. The molecule has 0 bridgehead atoms. The molecule has 0 N–H and O–H groups in total. The van der Waals surface area contributed by atoms with Crippen molar-refractivity contribution < 1.29 is 4.79 Å². The Hall–Kier alpha value is -2.27. The van der Waals surface area contributed by atoms with Crippen LogP contribution in [0.4, 0.5) is 0 Å². The number of amides is 1. The highest BCUT2D eigenvalue weighted by Gasteiger charge is 2.25. The second-order valence-corrected chi connectivity index (χ2v) is 7.20. The summed E-state index contributed by atoms with van der Waals surface area (Å²) < 4.78 is 0. The molecule has 0 radical (unpaired) electrons. The Morgan fingerprint density at radius 1 is 1.29 bits per heavy atom. The molecular formula is C19H19N3OS. The van der Waals surface area contributed by atoms with Crippen LogP contribution in [0.5, 0.6) is 0 Å². The van der Waals surface area contributed by atoms with E-state index < -0.39 is 0 Å². The molecule has 1 fully saturated rings. The van der Waals surface area contributed by atoms with E-state index in [-0.39, 0.29) is 5.91 Å². The quantitative estimate of drug-likeness (QED) is 0.730. The molecule has 1 aromatic carbocycles. The van der Waals surface area contributed by atoms with Gasteiger partial charge < -0.3 is 4.90 Å². The number of hydrogen-bond acceptors (Lipinski definition) is 4. The molecule has 24 heavy (non-hydrogen) atoms. The minimum atomic E-state index is 0.127. The van der Waals surface area contributed by atoms with Crippen LogP contribution >= 0.6 is 11.3 Å². The Kier molecular flexibility index (Phi) is 4.26. The summed E-state index contributed by atoms with van der Waals surface area (Å²) >= 11 is 1.42. The zero-order chi connectivity index (χ0) is 16.4. The van der Waals surface area contributed by atoms with E-state index >= 15 is 0 Å². The molecule has 1 aliphatic rings. The van der Waals surface area contributed by atoms with E-state index in [1.165, 1.54) is 28.7 Å². The first-order valence-corrected chi connectivity index (χ1v) is 9.19. The van der Waals surface area contributed by atoms with E-state index in [0.717, 1.165) is 36.3 Å². The first-order chi connectivity index (χ1) is 11.8. The summed E-state index contributed by atoms with van der Waals surface area (Å²) in [5, 5.41) is 1.23. The van der Waals surface area contributed by atoms with Crippen molar-refractivity contribution in [3.8, 4) is 0 Å². The first-order valence-electron chi connectivity index (χ1n) is 8.31. The second kappa shape index (κ2) is 6.69. The Bertz CT molecular complexity index is 841. The maximum atomic E-state index is 12.6. The molecule has 1 amide bonds. The average molecular weight is 337 g/mol. The van der Waals surface area contributed by atoms with Crippen molar-refractivity contribution in [1.82, 2.24) is 14.9 Å². The van der Waals surface area contributed by atoms with E-state index in [9.17, 15) is 4.79 Å². The Balaban J connectivity index is 1.51. The van der Waals surface area contributed by atoms with Crippen molar-refractivity contribution in [1.29, 1.82) is 0 Å². The zero-order valence-corrected chi connectivity index (χ0v) is 14.2. The lowest BCUT2D eigenvalue weighted by Crippen LogP contribution is -2.40. The van der Waals surface area contributed by atoms with Crippen molar-refractivity contribution in [2.24, 2.45) is 5.92 Å². The fourth-order valence-electron chi connectivity index (χ4n) is 3.55. The van der Waals surface area contributed by atoms with Crippen molar-refractivity contribution in [2.75, 3.05) is 13.1 Å². The van der Waals surface area contributed by atoms with Crippen molar-refractivity contribution in [3.63, 3.8) is 0 Å². The van der Waals surface area contributed by atoms with Crippen molar-refractivity contribution >= 4 is 28.1 Å². The van der Waals surface area contributed by atoms with Gasteiger partial charge in [-0.05, 0) is 42.9 Å². The predicted octanol–water partition coefficient (Wildman–Crippen LogP) is 3.79. The Morgan fingerprint density at radius 3 is 3.12 bits per heavy atom. The summed E-state index contributed by atoms with van der Waals surface area (Å²) in [5.74, 6) is 0.628. The van der Waals surface area contributed by atoms with E-state index in [1.54, 1.807) is 11.7 Å². The molecule has 1 aliphatic heterocycles. The second-order valence-electron chi connectivity index (χ2n) is 6.32. The smallest absolute Gasteiger partial charge is 0.265 e. The monoisotopic (exact) mass is 337 g/mol. The van der Waals surface area contributed by atoms with Gasteiger partial charge in [0.15, 0.2) is 0 Å². The van der Waals surface area contributed by atoms with E-state index in [1.807, 2.05) is 17.2 Å². The average Bonchev–Trinajstić information content (AvgIpc) is 3.16. The van der Waals surface area contributed by atoms with Gasteiger partial charge in [0.05, 0.1) is 17.2 Å². The molecule has 5 heteroatoms. The number of pyridine rings is 1. The number of piperidine rings is 1. The van der Waals surface area contributed by atoms with E-state index in [2.05, 4.69) is 34.2 Å². The summed E-state index contributed by atoms with van der Waals surface area (Å²) in [5.41, 5.74) is 4.10. The number of aromatic nitrogens is 2. The lowest BCUT2D eigenvalue weighted by molar-refractivity contribution is 0.0678.